The lowest BCUT2D eigenvalue weighted by Gasteiger charge is -2.28. The minimum Gasteiger partial charge on any atom is -0.490 e. The molecule has 1 unspecified atom stereocenters. The average molecular weight is 580 g/mol. The average Bonchev–Trinajstić information content (AvgIpc) is 3.36. The van der Waals surface area contributed by atoms with Crippen molar-refractivity contribution in [3.8, 4) is 39.4 Å². The maximum atomic E-state index is 15.8. The van der Waals surface area contributed by atoms with Gasteiger partial charge >= 0.3 is 5.97 Å². The molecule has 6 rings (SSSR count). The summed E-state index contributed by atoms with van der Waals surface area (Å²) >= 11 is 0. The van der Waals surface area contributed by atoms with Gasteiger partial charge in [-0.2, -0.15) is 5.10 Å². The molecule has 0 spiro atoms. The van der Waals surface area contributed by atoms with Gasteiger partial charge in [0.15, 0.2) is 23.3 Å². The van der Waals surface area contributed by atoms with E-state index in [1.807, 2.05) is 67.6 Å². The molecular formula is C35H34FN3O4. The summed E-state index contributed by atoms with van der Waals surface area (Å²) < 4.78 is 29.3. The number of carboxylic acids is 1. The molecule has 5 aromatic rings. The topological polar surface area (TPSA) is 86.0 Å². The van der Waals surface area contributed by atoms with Gasteiger partial charge in [-0.25, -0.2) is 18.7 Å². The van der Waals surface area contributed by atoms with Crippen LogP contribution in [0.2, 0.25) is 0 Å². The Morgan fingerprint density at radius 2 is 1.70 bits per heavy atom. The van der Waals surface area contributed by atoms with E-state index in [-0.39, 0.29) is 5.75 Å². The van der Waals surface area contributed by atoms with Crippen molar-refractivity contribution in [2.45, 2.75) is 59.2 Å². The van der Waals surface area contributed by atoms with Gasteiger partial charge in [-0.15, -0.1) is 0 Å². The van der Waals surface area contributed by atoms with Gasteiger partial charge in [-0.3, -0.25) is 0 Å². The van der Waals surface area contributed by atoms with E-state index in [0.29, 0.717) is 46.9 Å². The molecule has 220 valence electrons. The molecule has 0 amide bonds. The Morgan fingerprint density at radius 1 is 1.05 bits per heavy atom. The summed E-state index contributed by atoms with van der Waals surface area (Å²) in [5.74, 6) is -1.41. The first-order chi connectivity index (χ1) is 20.5. The van der Waals surface area contributed by atoms with Crippen LogP contribution in [0.1, 0.15) is 55.7 Å². The van der Waals surface area contributed by atoms with E-state index in [1.54, 1.807) is 32.2 Å². The standard InChI is InChI=1S/C35H34FN3O4/c1-20-24-17-12-18-42-31(24)26(36)19-25(20)30-27(32(34(40)41)43-35(3,4)5)21(2)37-33-28(22-13-8-6-9-14-22)29(38-39(30)33)23-15-10-7-11-16-23/h6-11,13-16,19,32H,12,17-18H2,1-5H3,(H,40,41). The molecule has 3 heterocycles. The Bertz CT molecular complexity index is 1840. The number of aromatic nitrogens is 3. The van der Waals surface area contributed by atoms with Gasteiger partial charge in [0, 0.05) is 27.9 Å². The Balaban J connectivity index is 1.78. The van der Waals surface area contributed by atoms with Crippen molar-refractivity contribution in [1.82, 2.24) is 14.6 Å². The second-order valence-corrected chi connectivity index (χ2v) is 11.9. The van der Waals surface area contributed by atoms with Crippen LogP contribution in [-0.2, 0) is 16.0 Å². The molecule has 7 nitrogen and oxygen atoms in total. The highest BCUT2D eigenvalue weighted by atomic mass is 19.1. The zero-order chi connectivity index (χ0) is 30.5. The number of rotatable bonds is 6. The predicted octanol–water partition coefficient (Wildman–Crippen LogP) is 7.75. The van der Waals surface area contributed by atoms with E-state index in [9.17, 15) is 9.90 Å². The van der Waals surface area contributed by atoms with Crippen LogP contribution in [0, 0.1) is 19.7 Å². The van der Waals surface area contributed by atoms with Crippen molar-refractivity contribution >= 4 is 11.6 Å². The first kappa shape index (κ1) is 28.6. The molecular weight excluding hydrogens is 545 g/mol. The zero-order valence-corrected chi connectivity index (χ0v) is 24.9. The molecule has 3 aromatic carbocycles. The summed E-state index contributed by atoms with van der Waals surface area (Å²) in [7, 11) is 0. The minimum absolute atomic E-state index is 0.257. The number of fused-ring (bicyclic) bond motifs is 2. The number of carboxylic acid groups (broad SMARTS) is 1. The maximum Gasteiger partial charge on any atom is 0.337 e. The van der Waals surface area contributed by atoms with E-state index in [2.05, 4.69) is 0 Å². The molecule has 1 N–H and O–H groups in total. The van der Waals surface area contributed by atoms with Crippen LogP contribution in [-0.4, -0.2) is 37.9 Å². The summed E-state index contributed by atoms with van der Waals surface area (Å²) in [6.07, 6.45) is 0.0298. The van der Waals surface area contributed by atoms with Crippen LogP contribution < -0.4 is 4.74 Å². The van der Waals surface area contributed by atoms with Gasteiger partial charge in [-0.05, 0) is 64.7 Å². The first-order valence-electron chi connectivity index (χ1n) is 14.4. The number of nitrogens with zero attached hydrogens (tertiary/aromatic N) is 3. The summed E-state index contributed by atoms with van der Waals surface area (Å²) in [5, 5.41) is 15.6. The lowest BCUT2D eigenvalue weighted by molar-refractivity contribution is -0.160. The fourth-order valence-corrected chi connectivity index (χ4v) is 5.90. The Labute approximate surface area is 249 Å². The zero-order valence-electron chi connectivity index (χ0n) is 24.9. The van der Waals surface area contributed by atoms with Crippen LogP contribution in [0.4, 0.5) is 4.39 Å². The quantitative estimate of drug-likeness (QED) is 0.221. The van der Waals surface area contributed by atoms with E-state index >= 15 is 4.39 Å². The monoisotopic (exact) mass is 579 g/mol. The normalized spacial score (nSPS) is 13.9. The number of hydrogen-bond acceptors (Lipinski definition) is 5. The second-order valence-electron chi connectivity index (χ2n) is 11.9. The van der Waals surface area contributed by atoms with E-state index < -0.39 is 23.5 Å². The number of benzene rings is 3. The highest BCUT2D eigenvalue weighted by Crippen LogP contribution is 2.44. The van der Waals surface area contributed by atoms with Crippen molar-refractivity contribution in [2.24, 2.45) is 0 Å². The summed E-state index contributed by atoms with van der Waals surface area (Å²) in [6, 6.07) is 21.1. The second kappa shape index (κ2) is 10.9. The highest BCUT2D eigenvalue weighted by molar-refractivity contribution is 5.92. The highest BCUT2D eigenvalue weighted by Gasteiger charge is 2.35. The van der Waals surface area contributed by atoms with Gasteiger partial charge in [0.2, 0.25) is 0 Å². The van der Waals surface area contributed by atoms with Gasteiger partial charge in [-0.1, -0.05) is 60.7 Å². The van der Waals surface area contributed by atoms with E-state index in [1.165, 1.54) is 6.07 Å². The van der Waals surface area contributed by atoms with Crippen molar-refractivity contribution in [1.29, 1.82) is 0 Å². The third-order valence-electron chi connectivity index (χ3n) is 7.75. The molecule has 0 bridgehead atoms. The van der Waals surface area contributed by atoms with Crippen molar-refractivity contribution in [3.05, 3.63) is 94.9 Å². The molecule has 0 saturated heterocycles. The molecule has 0 radical (unpaired) electrons. The number of carbonyl (C=O) groups is 1. The van der Waals surface area contributed by atoms with Crippen LogP contribution in [0.15, 0.2) is 66.7 Å². The van der Waals surface area contributed by atoms with E-state index in [4.69, 9.17) is 19.6 Å². The van der Waals surface area contributed by atoms with Crippen molar-refractivity contribution in [2.75, 3.05) is 6.61 Å². The van der Waals surface area contributed by atoms with Gasteiger partial charge in [0.25, 0.3) is 0 Å². The molecule has 0 saturated carbocycles. The fraction of sp³-hybridized carbons (Fsp3) is 0.286. The number of ether oxygens (including phenoxy) is 2. The lowest BCUT2D eigenvalue weighted by Crippen LogP contribution is -2.29. The number of hydrogen-bond donors (Lipinski definition) is 1. The fourth-order valence-electron chi connectivity index (χ4n) is 5.90. The molecule has 2 aromatic heterocycles. The third-order valence-corrected chi connectivity index (χ3v) is 7.75. The number of halogens is 1. The molecule has 8 heteroatoms. The van der Waals surface area contributed by atoms with Crippen LogP contribution in [0.3, 0.4) is 0 Å². The summed E-state index contributed by atoms with van der Waals surface area (Å²) in [5.41, 5.74) is 6.34. The Kier molecular flexibility index (Phi) is 7.26. The van der Waals surface area contributed by atoms with Crippen LogP contribution >= 0.6 is 0 Å². The Hall–Kier alpha value is -4.56. The summed E-state index contributed by atoms with van der Waals surface area (Å²) in [4.78, 5) is 17.9. The van der Waals surface area contributed by atoms with Gasteiger partial charge in [0.1, 0.15) is 5.69 Å². The van der Waals surface area contributed by atoms with Crippen LogP contribution in [0.5, 0.6) is 5.75 Å². The largest absolute Gasteiger partial charge is 0.490 e. The molecule has 1 atom stereocenters. The molecule has 0 fully saturated rings. The summed E-state index contributed by atoms with van der Waals surface area (Å²) in [6.45, 7) is 9.57. The van der Waals surface area contributed by atoms with Crippen molar-refractivity contribution in [3.63, 3.8) is 0 Å². The maximum absolute atomic E-state index is 15.8. The van der Waals surface area contributed by atoms with Crippen molar-refractivity contribution < 1.29 is 23.8 Å². The SMILES string of the molecule is Cc1nc2c(-c3ccccc3)c(-c3ccccc3)nn2c(-c2cc(F)c3c(c2C)CCCO3)c1C(OC(C)(C)C)C(=O)O. The van der Waals surface area contributed by atoms with Gasteiger partial charge in [0.05, 0.1) is 23.5 Å². The van der Waals surface area contributed by atoms with Crippen LogP contribution in [0.25, 0.3) is 39.3 Å². The Morgan fingerprint density at radius 3 is 2.33 bits per heavy atom. The van der Waals surface area contributed by atoms with Gasteiger partial charge < -0.3 is 14.6 Å². The van der Waals surface area contributed by atoms with E-state index in [0.717, 1.165) is 34.2 Å². The molecule has 0 aliphatic carbocycles. The third kappa shape index (κ3) is 5.16. The first-order valence-corrected chi connectivity index (χ1v) is 14.4. The number of aryl methyl sites for hydroxylation is 1. The molecule has 1 aliphatic rings. The minimum atomic E-state index is -1.38. The smallest absolute Gasteiger partial charge is 0.337 e. The number of aliphatic carboxylic acids is 1. The lowest BCUT2D eigenvalue weighted by atomic mass is 9.90. The predicted molar refractivity (Wildman–Crippen MR) is 164 cm³/mol. The molecule has 1 aliphatic heterocycles. The molecule has 43 heavy (non-hydrogen) atoms.